The van der Waals surface area contributed by atoms with E-state index in [0.717, 1.165) is 22.0 Å². The summed E-state index contributed by atoms with van der Waals surface area (Å²) in [7, 11) is -3.94. The van der Waals surface area contributed by atoms with Crippen LogP contribution in [0.1, 0.15) is 15.9 Å². The number of aryl methyl sites for hydroxylation is 1. The lowest BCUT2D eigenvalue weighted by Crippen LogP contribution is -2.15. The van der Waals surface area contributed by atoms with E-state index < -0.39 is 16.0 Å². The third kappa shape index (κ3) is 3.60. The van der Waals surface area contributed by atoms with E-state index in [1.165, 1.54) is 18.2 Å². The number of carboxylic acids is 1. The summed E-state index contributed by atoms with van der Waals surface area (Å²) < 4.78 is 28.0. The Morgan fingerprint density at radius 3 is 2.48 bits per heavy atom. The lowest BCUT2D eigenvalue weighted by Gasteiger charge is -2.13. The maximum atomic E-state index is 12.8. The zero-order valence-electron chi connectivity index (χ0n) is 15.5. The molecule has 6 nitrogen and oxygen atoms in total. The van der Waals surface area contributed by atoms with Crippen LogP contribution in [0.2, 0.25) is 0 Å². The predicted octanol–water partition coefficient (Wildman–Crippen LogP) is 4.64. The Labute approximate surface area is 167 Å². The third-order valence-corrected chi connectivity index (χ3v) is 6.11. The maximum absolute atomic E-state index is 12.8. The van der Waals surface area contributed by atoms with E-state index in [1.807, 2.05) is 37.4 Å². The first-order valence-electron chi connectivity index (χ1n) is 8.88. The number of hydrogen-bond donors (Lipinski definition) is 3. The Hall–Kier alpha value is -3.58. The number of carboxylic acid groups (broad SMARTS) is 1. The number of nitrogens with one attached hydrogen (secondary N) is 2. The first-order valence-corrected chi connectivity index (χ1v) is 10.4. The van der Waals surface area contributed by atoms with Gasteiger partial charge in [0, 0.05) is 17.1 Å². The molecule has 0 bridgehead atoms. The minimum Gasteiger partial charge on any atom is -0.478 e. The second-order valence-electron chi connectivity index (χ2n) is 6.73. The molecule has 3 aromatic carbocycles. The van der Waals surface area contributed by atoms with E-state index in [0.29, 0.717) is 5.56 Å². The standard InChI is InChI=1S/C22H18N2O4S/c1-14-5-8-16(9-6-14)29(27,28)24-21-13-15(7-10-19(21)22(25)26)17-3-2-4-20-18(17)11-12-23-20/h2-13,23-24H,1H3,(H,25,26). The molecule has 0 radical (unpaired) electrons. The molecule has 1 aromatic heterocycles. The lowest BCUT2D eigenvalue weighted by atomic mass is 9.99. The smallest absolute Gasteiger partial charge is 0.337 e. The zero-order valence-corrected chi connectivity index (χ0v) is 16.3. The van der Waals surface area contributed by atoms with Crippen molar-refractivity contribution in [1.82, 2.24) is 4.98 Å². The summed E-state index contributed by atoms with van der Waals surface area (Å²) in [6.07, 6.45) is 1.82. The Morgan fingerprint density at radius 1 is 1.00 bits per heavy atom. The largest absolute Gasteiger partial charge is 0.478 e. The first kappa shape index (κ1) is 18.8. The normalized spacial score (nSPS) is 11.5. The summed E-state index contributed by atoms with van der Waals surface area (Å²) in [5.74, 6) is -1.21. The quantitative estimate of drug-likeness (QED) is 0.449. The number of aromatic amines is 1. The number of hydrogen-bond acceptors (Lipinski definition) is 3. The number of fused-ring (bicyclic) bond motifs is 1. The van der Waals surface area contributed by atoms with Gasteiger partial charge in [0.2, 0.25) is 0 Å². The van der Waals surface area contributed by atoms with Crippen LogP contribution >= 0.6 is 0 Å². The summed E-state index contributed by atoms with van der Waals surface area (Å²) in [6, 6.07) is 18.6. The Bertz CT molecular complexity index is 1320. The SMILES string of the molecule is Cc1ccc(S(=O)(=O)Nc2cc(-c3cccc4[nH]ccc34)ccc2C(=O)O)cc1. The summed E-state index contributed by atoms with van der Waals surface area (Å²) in [5.41, 5.74) is 3.34. The molecule has 0 unspecified atom stereocenters. The summed E-state index contributed by atoms with van der Waals surface area (Å²) in [5, 5.41) is 10.5. The highest BCUT2D eigenvalue weighted by molar-refractivity contribution is 7.92. The summed E-state index contributed by atoms with van der Waals surface area (Å²) in [6.45, 7) is 1.86. The first-order chi connectivity index (χ1) is 13.8. The number of aromatic carboxylic acids is 1. The average molecular weight is 406 g/mol. The molecule has 0 saturated heterocycles. The number of carbonyl (C=O) groups is 1. The molecule has 0 saturated carbocycles. The molecule has 0 aliphatic carbocycles. The van der Waals surface area contributed by atoms with Crippen LogP contribution in [-0.2, 0) is 10.0 Å². The van der Waals surface area contributed by atoms with Crippen LogP contribution in [0.3, 0.4) is 0 Å². The minimum absolute atomic E-state index is 0.0168. The fourth-order valence-corrected chi connectivity index (χ4v) is 4.31. The molecule has 0 fully saturated rings. The van der Waals surface area contributed by atoms with Gasteiger partial charge in [-0.15, -0.1) is 0 Å². The fraction of sp³-hybridized carbons (Fsp3) is 0.0455. The highest BCUT2D eigenvalue weighted by atomic mass is 32.2. The number of rotatable bonds is 5. The van der Waals surface area contributed by atoms with E-state index >= 15 is 0 Å². The number of anilines is 1. The summed E-state index contributed by atoms with van der Waals surface area (Å²) >= 11 is 0. The van der Waals surface area contributed by atoms with Gasteiger partial charge in [0.25, 0.3) is 10.0 Å². The molecule has 0 spiro atoms. The van der Waals surface area contributed by atoms with Crippen molar-refractivity contribution in [2.24, 2.45) is 0 Å². The van der Waals surface area contributed by atoms with Crippen molar-refractivity contribution in [1.29, 1.82) is 0 Å². The third-order valence-electron chi connectivity index (χ3n) is 4.73. The van der Waals surface area contributed by atoms with Crippen LogP contribution in [0.4, 0.5) is 5.69 Å². The molecule has 29 heavy (non-hydrogen) atoms. The van der Waals surface area contributed by atoms with Crippen LogP contribution in [-0.4, -0.2) is 24.5 Å². The monoisotopic (exact) mass is 406 g/mol. The molecule has 3 N–H and O–H groups in total. The molecular weight excluding hydrogens is 388 g/mol. The molecule has 0 aliphatic rings. The molecule has 146 valence electrons. The van der Waals surface area contributed by atoms with Crippen LogP contribution in [0.15, 0.2) is 77.8 Å². The molecule has 1 heterocycles. The Balaban J connectivity index is 1.81. The van der Waals surface area contributed by atoms with Gasteiger partial charge >= 0.3 is 5.97 Å². The van der Waals surface area contributed by atoms with Gasteiger partial charge in [0.1, 0.15) is 0 Å². The van der Waals surface area contributed by atoms with Crippen LogP contribution in [0.25, 0.3) is 22.0 Å². The van der Waals surface area contributed by atoms with E-state index in [4.69, 9.17) is 0 Å². The van der Waals surface area contributed by atoms with E-state index in [2.05, 4.69) is 9.71 Å². The molecule has 0 aliphatic heterocycles. The van der Waals surface area contributed by atoms with Crippen molar-refractivity contribution < 1.29 is 18.3 Å². The van der Waals surface area contributed by atoms with Crippen molar-refractivity contribution in [3.63, 3.8) is 0 Å². The molecular formula is C22H18N2O4S. The van der Waals surface area contributed by atoms with Crippen LogP contribution < -0.4 is 4.72 Å². The van der Waals surface area contributed by atoms with Gasteiger partial charge in [-0.05, 0) is 54.4 Å². The Kier molecular flexibility index (Phi) is 4.60. The van der Waals surface area contributed by atoms with Gasteiger partial charge in [-0.3, -0.25) is 4.72 Å². The van der Waals surface area contributed by atoms with Crippen LogP contribution in [0, 0.1) is 6.92 Å². The number of benzene rings is 3. The lowest BCUT2D eigenvalue weighted by molar-refractivity contribution is 0.0698. The van der Waals surface area contributed by atoms with Crippen LogP contribution in [0.5, 0.6) is 0 Å². The van der Waals surface area contributed by atoms with Crippen molar-refractivity contribution in [3.05, 3.63) is 84.1 Å². The maximum Gasteiger partial charge on any atom is 0.337 e. The van der Waals surface area contributed by atoms with Crippen molar-refractivity contribution in [3.8, 4) is 11.1 Å². The van der Waals surface area contributed by atoms with Crippen molar-refractivity contribution in [2.45, 2.75) is 11.8 Å². The van der Waals surface area contributed by atoms with Crippen molar-refractivity contribution >= 4 is 32.6 Å². The van der Waals surface area contributed by atoms with Gasteiger partial charge < -0.3 is 10.1 Å². The zero-order chi connectivity index (χ0) is 20.6. The van der Waals surface area contributed by atoms with E-state index in [9.17, 15) is 18.3 Å². The predicted molar refractivity (Wildman–Crippen MR) is 113 cm³/mol. The molecule has 4 rings (SSSR count). The van der Waals surface area contributed by atoms with Gasteiger partial charge in [0.15, 0.2) is 0 Å². The second kappa shape index (κ2) is 7.10. The van der Waals surface area contributed by atoms with E-state index in [-0.39, 0.29) is 16.1 Å². The number of H-pyrrole nitrogens is 1. The number of sulfonamides is 1. The molecule has 0 atom stereocenters. The molecule has 0 amide bonds. The fourth-order valence-electron chi connectivity index (χ4n) is 3.24. The van der Waals surface area contributed by atoms with Gasteiger partial charge in [0.05, 0.1) is 16.1 Å². The topological polar surface area (TPSA) is 99.3 Å². The highest BCUT2D eigenvalue weighted by Crippen LogP contribution is 2.32. The highest BCUT2D eigenvalue weighted by Gasteiger charge is 2.19. The number of aromatic nitrogens is 1. The Morgan fingerprint density at radius 2 is 1.76 bits per heavy atom. The molecule has 7 heteroatoms. The second-order valence-corrected chi connectivity index (χ2v) is 8.41. The minimum atomic E-state index is -3.94. The summed E-state index contributed by atoms with van der Waals surface area (Å²) in [4.78, 5) is 14.9. The van der Waals surface area contributed by atoms with Gasteiger partial charge in [-0.1, -0.05) is 35.9 Å². The van der Waals surface area contributed by atoms with Crippen molar-refractivity contribution in [2.75, 3.05) is 4.72 Å². The van der Waals surface area contributed by atoms with E-state index in [1.54, 1.807) is 24.3 Å². The molecule has 4 aromatic rings. The van der Waals surface area contributed by atoms with Gasteiger partial charge in [-0.25, -0.2) is 13.2 Å². The van der Waals surface area contributed by atoms with Gasteiger partial charge in [-0.2, -0.15) is 0 Å². The average Bonchev–Trinajstić information content (AvgIpc) is 3.16.